The van der Waals surface area contributed by atoms with Crippen LogP contribution in [0.5, 0.6) is 11.6 Å². The number of ether oxygens (including phenoxy) is 1. The molecule has 0 fully saturated rings. The maximum absolute atomic E-state index is 13.3. The maximum atomic E-state index is 13.3. The lowest BCUT2D eigenvalue weighted by molar-refractivity contribution is -0.121. The predicted octanol–water partition coefficient (Wildman–Crippen LogP) is 4.46. The van der Waals surface area contributed by atoms with E-state index in [0.717, 1.165) is 17.7 Å². The van der Waals surface area contributed by atoms with Crippen LogP contribution in [0.3, 0.4) is 0 Å². The molecular weight excluding hydrogens is 358 g/mol. The maximum Gasteiger partial charge on any atom is 0.224 e. The summed E-state index contributed by atoms with van der Waals surface area (Å²) < 4.78 is 31.8. The highest BCUT2D eigenvalue weighted by atomic mass is 32.1. The smallest absolute Gasteiger partial charge is 0.224 e. The minimum Gasteiger partial charge on any atom is -0.439 e. The Labute approximate surface area is 153 Å². The van der Waals surface area contributed by atoms with E-state index in [1.54, 1.807) is 23.5 Å². The molecule has 134 valence electrons. The second-order valence-electron chi connectivity index (χ2n) is 5.55. The number of hydrogen-bond acceptors (Lipinski definition) is 4. The summed E-state index contributed by atoms with van der Waals surface area (Å²) in [6.07, 6.45) is 2.59. The Morgan fingerprint density at radius 1 is 1.19 bits per heavy atom. The largest absolute Gasteiger partial charge is 0.439 e. The lowest BCUT2D eigenvalue weighted by Crippen LogP contribution is -2.23. The van der Waals surface area contributed by atoms with Crippen molar-refractivity contribution in [2.75, 3.05) is 0 Å². The summed E-state index contributed by atoms with van der Waals surface area (Å²) >= 11 is 1.60. The highest BCUT2D eigenvalue weighted by Crippen LogP contribution is 2.24. The molecule has 26 heavy (non-hydrogen) atoms. The Morgan fingerprint density at radius 2 is 2.08 bits per heavy atom. The monoisotopic (exact) mass is 374 g/mol. The fraction of sp³-hybridized carbons (Fsp3) is 0.158. The van der Waals surface area contributed by atoms with Gasteiger partial charge in [0.05, 0.1) is 0 Å². The van der Waals surface area contributed by atoms with Crippen molar-refractivity contribution in [3.05, 3.63) is 76.1 Å². The molecule has 2 aromatic heterocycles. The zero-order valence-electron chi connectivity index (χ0n) is 13.7. The zero-order valence-corrected chi connectivity index (χ0v) is 14.6. The van der Waals surface area contributed by atoms with Gasteiger partial charge in [-0.1, -0.05) is 6.07 Å². The van der Waals surface area contributed by atoms with Gasteiger partial charge in [-0.05, 0) is 47.0 Å². The minimum absolute atomic E-state index is 0.0844. The van der Waals surface area contributed by atoms with Gasteiger partial charge in [0.2, 0.25) is 11.8 Å². The molecule has 0 aliphatic rings. The van der Waals surface area contributed by atoms with Crippen molar-refractivity contribution in [3.63, 3.8) is 0 Å². The van der Waals surface area contributed by atoms with Gasteiger partial charge < -0.3 is 10.1 Å². The molecule has 0 radical (unpaired) electrons. The van der Waals surface area contributed by atoms with E-state index in [9.17, 15) is 13.6 Å². The summed E-state index contributed by atoms with van der Waals surface area (Å²) in [5.74, 6) is -1.67. The van der Waals surface area contributed by atoms with Gasteiger partial charge in [-0.25, -0.2) is 13.8 Å². The molecule has 3 aromatic rings. The first-order valence-corrected chi connectivity index (χ1v) is 8.90. The van der Waals surface area contributed by atoms with Gasteiger partial charge in [0, 0.05) is 30.8 Å². The van der Waals surface area contributed by atoms with Gasteiger partial charge in [-0.2, -0.15) is 11.3 Å². The third-order valence-electron chi connectivity index (χ3n) is 3.65. The van der Waals surface area contributed by atoms with Gasteiger partial charge in [0.1, 0.15) is 5.75 Å². The van der Waals surface area contributed by atoms with Crippen LogP contribution in [0.25, 0.3) is 0 Å². The first kappa shape index (κ1) is 18.0. The number of benzene rings is 1. The molecular formula is C19H16F2N2O2S. The van der Waals surface area contributed by atoms with E-state index in [1.807, 2.05) is 16.8 Å². The van der Waals surface area contributed by atoms with Crippen LogP contribution >= 0.6 is 11.3 Å². The molecule has 0 saturated heterocycles. The first-order valence-electron chi connectivity index (χ1n) is 7.96. The minimum atomic E-state index is -0.998. The molecule has 0 unspecified atom stereocenters. The van der Waals surface area contributed by atoms with Crippen molar-refractivity contribution < 1.29 is 18.3 Å². The molecule has 0 aliphatic heterocycles. The molecule has 2 heterocycles. The third-order valence-corrected chi connectivity index (χ3v) is 4.38. The number of carbonyl (C=O) groups excluding carboxylic acids is 1. The second-order valence-corrected chi connectivity index (χ2v) is 6.33. The van der Waals surface area contributed by atoms with Crippen LogP contribution in [0.2, 0.25) is 0 Å². The van der Waals surface area contributed by atoms with Crippen molar-refractivity contribution in [1.29, 1.82) is 0 Å². The molecule has 0 bridgehead atoms. The number of aromatic nitrogens is 1. The number of amides is 1. The molecule has 3 rings (SSSR count). The summed E-state index contributed by atoms with van der Waals surface area (Å²) in [5, 5.41) is 6.81. The Balaban J connectivity index is 1.59. The van der Waals surface area contributed by atoms with E-state index >= 15 is 0 Å². The average molecular weight is 374 g/mol. The molecule has 7 heteroatoms. The van der Waals surface area contributed by atoms with Crippen molar-refractivity contribution in [1.82, 2.24) is 10.3 Å². The standard InChI is InChI=1S/C19H16F2N2O2S/c20-16-5-4-15(10-17(16)21)25-19-14(2-1-8-22-19)11-23-18(24)6-3-13-7-9-26-12-13/h1-2,4-5,7-10,12H,3,6,11H2,(H,23,24). The topological polar surface area (TPSA) is 51.2 Å². The molecule has 1 N–H and O–H groups in total. The summed E-state index contributed by atoms with van der Waals surface area (Å²) in [4.78, 5) is 16.1. The Morgan fingerprint density at radius 3 is 2.85 bits per heavy atom. The van der Waals surface area contributed by atoms with Crippen molar-refractivity contribution in [2.24, 2.45) is 0 Å². The molecule has 1 amide bonds. The van der Waals surface area contributed by atoms with E-state index in [4.69, 9.17) is 4.74 Å². The van der Waals surface area contributed by atoms with Crippen LogP contribution in [-0.4, -0.2) is 10.9 Å². The van der Waals surface area contributed by atoms with Crippen LogP contribution in [0.4, 0.5) is 8.78 Å². The number of rotatable bonds is 7. The molecule has 0 spiro atoms. The number of carbonyl (C=O) groups is 1. The number of aryl methyl sites for hydroxylation is 1. The number of nitrogens with one attached hydrogen (secondary N) is 1. The van der Waals surface area contributed by atoms with Crippen LogP contribution in [-0.2, 0) is 17.8 Å². The fourth-order valence-corrected chi connectivity index (χ4v) is 2.98. The number of nitrogens with zero attached hydrogens (tertiary/aromatic N) is 1. The van der Waals surface area contributed by atoms with E-state index < -0.39 is 11.6 Å². The van der Waals surface area contributed by atoms with Gasteiger partial charge in [-0.15, -0.1) is 0 Å². The Hall–Kier alpha value is -2.80. The third kappa shape index (κ3) is 4.86. The Bertz CT molecular complexity index is 885. The number of halogens is 2. The zero-order chi connectivity index (χ0) is 18.4. The van der Waals surface area contributed by atoms with Crippen LogP contribution in [0, 0.1) is 11.6 Å². The van der Waals surface area contributed by atoms with E-state index in [0.29, 0.717) is 18.4 Å². The molecule has 1 aromatic carbocycles. The summed E-state index contributed by atoms with van der Waals surface area (Å²) in [5.41, 5.74) is 1.77. The van der Waals surface area contributed by atoms with Gasteiger partial charge in [0.25, 0.3) is 0 Å². The quantitative estimate of drug-likeness (QED) is 0.664. The summed E-state index contributed by atoms with van der Waals surface area (Å²) in [6.45, 7) is 0.231. The van der Waals surface area contributed by atoms with Gasteiger partial charge in [0.15, 0.2) is 11.6 Å². The van der Waals surface area contributed by atoms with Crippen molar-refractivity contribution in [3.8, 4) is 11.6 Å². The first-order chi connectivity index (χ1) is 12.6. The SMILES string of the molecule is O=C(CCc1ccsc1)NCc1cccnc1Oc1ccc(F)c(F)c1. The highest BCUT2D eigenvalue weighted by Gasteiger charge is 2.10. The second kappa shape index (κ2) is 8.53. The van der Waals surface area contributed by atoms with Gasteiger partial charge >= 0.3 is 0 Å². The predicted molar refractivity (Wildman–Crippen MR) is 95.2 cm³/mol. The number of thiophene rings is 1. The lowest BCUT2D eigenvalue weighted by Gasteiger charge is -2.11. The molecule has 0 aliphatic carbocycles. The number of pyridine rings is 1. The Kier molecular flexibility index (Phi) is 5.91. The van der Waals surface area contributed by atoms with E-state index in [-0.39, 0.29) is 24.1 Å². The van der Waals surface area contributed by atoms with Crippen LogP contribution < -0.4 is 10.1 Å². The van der Waals surface area contributed by atoms with Crippen LogP contribution in [0.1, 0.15) is 17.5 Å². The van der Waals surface area contributed by atoms with Gasteiger partial charge in [-0.3, -0.25) is 4.79 Å². The van der Waals surface area contributed by atoms with Crippen molar-refractivity contribution in [2.45, 2.75) is 19.4 Å². The van der Waals surface area contributed by atoms with Crippen LogP contribution in [0.15, 0.2) is 53.4 Å². The molecule has 4 nitrogen and oxygen atoms in total. The molecule has 0 atom stereocenters. The lowest BCUT2D eigenvalue weighted by atomic mass is 10.2. The van der Waals surface area contributed by atoms with Crippen molar-refractivity contribution >= 4 is 17.2 Å². The molecule has 0 saturated carbocycles. The summed E-state index contributed by atoms with van der Waals surface area (Å²) in [7, 11) is 0. The van der Waals surface area contributed by atoms with E-state index in [1.165, 1.54) is 12.3 Å². The summed E-state index contributed by atoms with van der Waals surface area (Å²) in [6, 6.07) is 8.71. The van der Waals surface area contributed by atoms with E-state index in [2.05, 4.69) is 10.3 Å². The number of hydrogen-bond donors (Lipinski definition) is 1. The highest BCUT2D eigenvalue weighted by molar-refractivity contribution is 7.07. The average Bonchev–Trinajstić information content (AvgIpc) is 3.16. The normalized spacial score (nSPS) is 10.5. The fourth-order valence-electron chi connectivity index (χ4n) is 2.28.